The lowest BCUT2D eigenvalue weighted by Gasteiger charge is -2.23. The summed E-state index contributed by atoms with van der Waals surface area (Å²) >= 11 is 5.40. The molecule has 108 valence electrons. The molecule has 7 nitrogen and oxygen atoms in total. The summed E-state index contributed by atoms with van der Waals surface area (Å²) in [4.78, 5) is 2.00. The molecule has 0 amide bonds. The Bertz CT molecular complexity index is 580. The van der Waals surface area contributed by atoms with Crippen molar-refractivity contribution in [2.75, 3.05) is 19.0 Å². The van der Waals surface area contributed by atoms with Gasteiger partial charge in [0.2, 0.25) is 5.82 Å². The van der Waals surface area contributed by atoms with Gasteiger partial charge in [-0.3, -0.25) is 5.43 Å². The normalized spacial score (nSPS) is 10.8. The molecular weight excluding hydrogens is 274 g/mol. The molecule has 0 aliphatic carbocycles. The van der Waals surface area contributed by atoms with Crippen LogP contribution in [-0.2, 0) is 0 Å². The molecule has 0 fully saturated rings. The third kappa shape index (κ3) is 2.84. The van der Waals surface area contributed by atoms with E-state index in [1.165, 1.54) is 0 Å². The van der Waals surface area contributed by atoms with Crippen LogP contribution < -0.4 is 5.43 Å². The van der Waals surface area contributed by atoms with Gasteiger partial charge in [-0.1, -0.05) is 13.3 Å². The largest absolute Gasteiger partial charge is 0.351 e. The molecule has 20 heavy (non-hydrogen) atoms. The molecule has 0 unspecified atom stereocenters. The zero-order chi connectivity index (χ0) is 14.7. The van der Waals surface area contributed by atoms with Crippen LogP contribution in [0.3, 0.4) is 0 Å². The summed E-state index contributed by atoms with van der Waals surface area (Å²) < 4.78 is 1.73. The number of nitrogens with zero attached hydrogens (tertiary/aromatic N) is 6. The molecule has 0 saturated carbocycles. The summed E-state index contributed by atoms with van der Waals surface area (Å²) in [7, 11) is 1.97. The highest BCUT2D eigenvalue weighted by molar-refractivity contribution is 7.80. The third-order valence-corrected chi connectivity index (χ3v) is 3.48. The third-order valence-electron chi connectivity index (χ3n) is 3.08. The molecule has 8 heteroatoms. The first kappa shape index (κ1) is 14.6. The van der Waals surface area contributed by atoms with E-state index in [0.29, 0.717) is 22.5 Å². The summed E-state index contributed by atoms with van der Waals surface area (Å²) in [6.07, 6.45) is 2.23. The average Bonchev–Trinajstić information content (AvgIpc) is 2.80. The van der Waals surface area contributed by atoms with E-state index in [0.717, 1.165) is 25.1 Å². The fraction of sp³-hybridized carbons (Fsp3) is 0.583. The van der Waals surface area contributed by atoms with Crippen LogP contribution in [-0.4, -0.2) is 48.7 Å². The fourth-order valence-electron chi connectivity index (χ4n) is 1.78. The molecule has 0 aromatic rings. The Kier molecular flexibility index (Phi) is 4.43. The van der Waals surface area contributed by atoms with Crippen molar-refractivity contribution in [3.05, 3.63) is 11.5 Å². The number of aryl methyl sites for hydroxylation is 2. The molecule has 0 spiro atoms. The van der Waals surface area contributed by atoms with Gasteiger partial charge in [0.25, 0.3) is 0 Å². The Labute approximate surface area is 123 Å². The van der Waals surface area contributed by atoms with Crippen LogP contribution in [0.15, 0.2) is 0 Å². The van der Waals surface area contributed by atoms with Crippen molar-refractivity contribution in [1.29, 1.82) is 0 Å². The molecule has 0 radical (unpaired) electrons. The van der Waals surface area contributed by atoms with Gasteiger partial charge in [0.15, 0.2) is 10.8 Å². The Morgan fingerprint density at radius 1 is 1.25 bits per heavy atom. The lowest BCUT2D eigenvalue weighted by molar-refractivity contribution is 0.486. The van der Waals surface area contributed by atoms with Crippen molar-refractivity contribution in [2.24, 2.45) is 0 Å². The number of rotatable bonds is 4. The van der Waals surface area contributed by atoms with Gasteiger partial charge >= 0.3 is 0 Å². The molecule has 0 saturated heterocycles. The first-order valence-electron chi connectivity index (χ1n) is 6.61. The van der Waals surface area contributed by atoms with Gasteiger partial charge in [-0.2, -0.15) is 5.10 Å². The Morgan fingerprint density at radius 2 is 2.00 bits per heavy atom. The monoisotopic (exact) mass is 293 g/mol. The van der Waals surface area contributed by atoms with E-state index < -0.39 is 0 Å². The SMILES string of the molecule is CCCCN(C)C(=S)Nn1c(C)nnc2c(C)nnc1-2. The highest BCUT2D eigenvalue weighted by atomic mass is 32.1. The summed E-state index contributed by atoms with van der Waals surface area (Å²) in [5.41, 5.74) is 4.58. The fourth-order valence-corrected chi connectivity index (χ4v) is 1.96. The van der Waals surface area contributed by atoms with Crippen molar-refractivity contribution in [3.8, 4) is 11.5 Å². The zero-order valence-corrected chi connectivity index (χ0v) is 13.0. The second-order valence-corrected chi connectivity index (χ2v) is 5.12. The first-order valence-corrected chi connectivity index (χ1v) is 7.02. The van der Waals surface area contributed by atoms with Crippen LogP contribution in [0.1, 0.15) is 31.3 Å². The van der Waals surface area contributed by atoms with E-state index in [1.54, 1.807) is 4.68 Å². The maximum Gasteiger partial charge on any atom is 0.205 e. The van der Waals surface area contributed by atoms with E-state index in [4.69, 9.17) is 12.2 Å². The standard InChI is InChI=1S/C12H19N7S/c1-5-6-7-18(4)12(20)17-19-9(3)14-15-10-8(2)13-16-11(10)19/h5-7H2,1-4H3,(H,17,20). The molecule has 0 aromatic heterocycles. The molecule has 1 N–H and O–H groups in total. The van der Waals surface area contributed by atoms with E-state index in [1.807, 2.05) is 25.8 Å². The van der Waals surface area contributed by atoms with Crippen LogP contribution in [0.25, 0.3) is 11.5 Å². The van der Waals surface area contributed by atoms with E-state index in [2.05, 4.69) is 32.7 Å². The molecule has 2 rings (SSSR count). The van der Waals surface area contributed by atoms with Gasteiger partial charge in [0.1, 0.15) is 5.82 Å². The maximum absolute atomic E-state index is 5.40. The van der Waals surface area contributed by atoms with Gasteiger partial charge in [-0.25, -0.2) is 4.68 Å². The number of unbranched alkanes of at least 4 members (excludes halogenated alkanes) is 1. The second kappa shape index (κ2) is 6.08. The molecular formula is C12H19N7S. The van der Waals surface area contributed by atoms with Crippen LogP contribution in [0.2, 0.25) is 0 Å². The number of hydrogen-bond acceptors (Lipinski definition) is 5. The van der Waals surface area contributed by atoms with Crippen LogP contribution in [0, 0.1) is 13.8 Å². The van der Waals surface area contributed by atoms with E-state index in [9.17, 15) is 0 Å². The minimum absolute atomic E-state index is 0.626. The number of aromatic nitrogens is 5. The predicted octanol–water partition coefficient (Wildman–Crippen LogP) is 1.35. The summed E-state index contributed by atoms with van der Waals surface area (Å²) in [5.74, 6) is 1.32. The van der Waals surface area contributed by atoms with Crippen LogP contribution in [0.4, 0.5) is 0 Å². The number of hydrogen-bond donors (Lipinski definition) is 1. The van der Waals surface area contributed by atoms with Crippen LogP contribution in [0.5, 0.6) is 0 Å². The maximum atomic E-state index is 5.40. The smallest absolute Gasteiger partial charge is 0.205 e. The van der Waals surface area contributed by atoms with Crippen molar-refractivity contribution in [3.63, 3.8) is 0 Å². The topological polar surface area (TPSA) is 71.8 Å². The zero-order valence-electron chi connectivity index (χ0n) is 12.2. The van der Waals surface area contributed by atoms with Crippen LogP contribution >= 0.6 is 12.2 Å². The molecule has 2 heterocycles. The van der Waals surface area contributed by atoms with Crippen molar-refractivity contribution in [1.82, 2.24) is 30.0 Å². The summed E-state index contributed by atoms with van der Waals surface area (Å²) in [6, 6.07) is 0. The van der Waals surface area contributed by atoms with E-state index in [-0.39, 0.29) is 0 Å². The Hall–Kier alpha value is -1.83. The molecule has 0 atom stereocenters. The minimum Gasteiger partial charge on any atom is -0.351 e. The lowest BCUT2D eigenvalue weighted by atomic mass is 10.3. The highest BCUT2D eigenvalue weighted by Crippen LogP contribution is 2.18. The van der Waals surface area contributed by atoms with Gasteiger partial charge in [-0.05, 0) is 32.5 Å². The lowest BCUT2D eigenvalue weighted by Crippen LogP contribution is -2.38. The van der Waals surface area contributed by atoms with Gasteiger partial charge < -0.3 is 4.90 Å². The number of nitrogens with one attached hydrogen (secondary N) is 1. The van der Waals surface area contributed by atoms with Crippen molar-refractivity contribution in [2.45, 2.75) is 33.6 Å². The van der Waals surface area contributed by atoms with Gasteiger partial charge in [0.05, 0.1) is 5.69 Å². The highest BCUT2D eigenvalue weighted by Gasteiger charge is 2.19. The average molecular weight is 293 g/mol. The van der Waals surface area contributed by atoms with E-state index >= 15 is 0 Å². The number of thiocarbonyl (C=S) groups is 1. The summed E-state index contributed by atoms with van der Waals surface area (Å²) in [6.45, 7) is 6.77. The van der Waals surface area contributed by atoms with Gasteiger partial charge in [0, 0.05) is 13.6 Å². The quantitative estimate of drug-likeness (QED) is 0.853. The molecule has 0 bridgehead atoms. The number of fused-ring (bicyclic) bond motifs is 1. The minimum atomic E-state index is 0.626. The van der Waals surface area contributed by atoms with Crippen molar-refractivity contribution < 1.29 is 0 Å². The Morgan fingerprint density at radius 3 is 2.70 bits per heavy atom. The summed E-state index contributed by atoms with van der Waals surface area (Å²) in [5, 5.41) is 17.0. The van der Waals surface area contributed by atoms with Gasteiger partial charge in [-0.15, -0.1) is 15.3 Å². The second-order valence-electron chi connectivity index (χ2n) is 4.73. The first-order chi connectivity index (χ1) is 9.54. The molecule has 2 aliphatic rings. The molecule has 2 aliphatic heterocycles. The Balaban J connectivity index is 2.20. The van der Waals surface area contributed by atoms with Crippen molar-refractivity contribution >= 4 is 17.3 Å². The molecule has 0 aromatic carbocycles. The predicted molar refractivity (Wildman–Crippen MR) is 81.2 cm³/mol.